The van der Waals surface area contributed by atoms with Crippen molar-refractivity contribution in [3.05, 3.63) is 35.5 Å². The average Bonchev–Trinajstić information content (AvgIpc) is 3.10. The number of carbonyl (C=O) groups excluding carboxylic acids is 1. The monoisotopic (exact) mass is 283 g/mol. The van der Waals surface area contributed by atoms with Crippen LogP contribution in [0.2, 0.25) is 0 Å². The van der Waals surface area contributed by atoms with Gasteiger partial charge in [0.05, 0.1) is 0 Å². The lowest BCUT2D eigenvalue weighted by molar-refractivity contribution is -0.115. The number of hydrogen-bond donors (Lipinski definition) is 1. The summed E-state index contributed by atoms with van der Waals surface area (Å²) in [4.78, 5) is 18.6. The molecule has 1 aliphatic heterocycles. The molecule has 0 bridgehead atoms. The van der Waals surface area contributed by atoms with Gasteiger partial charge in [0.2, 0.25) is 0 Å². The third kappa shape index (κ3) is 2.99. The van der Waals surface area contributed by atoms with E-state index in [1.165, 1.54) is 12.8 Å². The first kappa shape index (κ1) is 13.9. The van der Waals surface area contributed by atoms with E-state index in [4.69, 9.17) is 0 Å². The highest BCUT2D eigenvalue weighted by molar-refractivity contribution is 6.15. The Morgan fingerprint density at radius 3 is 2.48 bits per heavy atom. The van der Waals surface area contributed by atoms with Crippen molar-refractivity contribution in [1.82, 2.24) is 5.32 Å². The molecule has 21 heavy (non-hydrogen) atoms. The van der Waals surface area contributed by atoms with Gasteiger partial charge >= 0.3 is 0 Å². The fourth-order valence-electron chi connectivity index (χ4n) is 2.91. The first-order chi connectivity index (χ1) is 10.1. The van der Waals surface area contributed by atoms with Crippen molar-refractivity contribution in [3.63, 3.8) is 0 Å². The van der Waals surface area contributed by atoms with Crippen molar-refractivity contribution in [1.29, 1.82) is 0 Å². The summed E-state index contributed by atoms with van der Waals surface area (Å²) in [6.45, 7) is 0. The van der Waals surface area contributed by atoms with Gasteiger partial charge in [-0.1, -0.05) is 25.0 Å². The van der Waals surface area contributed by atoms with Crippen LogP contribution in [0.15, 0.2) is 35.0 Å². The third-order valence-electron chi connectivity index (χ3n) is 4.17. The average molecular weight is 283 g/mol. The molecule has 0 atom stereocenters. The fourth-order valence-corrected chi connectivity index (χ4v) is 2.91. The van der Waals surface area contributed by atoms with E-state index >= 15 is 0 Å². The molecule has 0 radical (unpaired) electrons. The van der Waals surface area contributed by atoms with Crippen LogP contribution in [-0.2, 0) is 4.79 Å². The van der Waals surface area contributed by atoms with Gasteiger partial charge in [-0.2, -0.15) is 0 Å². The first-order valence-electron chi connectivity index (χ1n) is 7.52. The molecule has 4 nitrogen and oxygen atoms in total. The molecule has 1 aromatic rings. The maximum absolute atomic E-state index is 12.0. The van der Waals surface area contributed by atoms with Crippen LogP contribution in [0.3, 0.4) is 0 Å². The van der Waals surface area contributed by atoms with Crippen molar-refractivity contribution in [3.8, 4) is 0 Å². The largest absolute Gasteiger partial charge is 0.378 e. The highest BCUT2D eigenvalue weighted by atomic mass is 16.2. The molecule has 110 valence electrons. The van der Waals surface area contributed by atoms with Crippen LogP contribution in [-0.4, -0.2) is 25.8 Å². The highest BCUT2D eigenvalue weighted by Crippen LogP contribution is 2.28. The zero-order chi connectivity index (χ0) is 14.8. The van der Waals surface area contributed by atoms with Gasteiger partial charge in [-0.3, -0.25) is 4.79 Å². The Morgan fingerprint density at radius 2 is 1.86 bits per heavy atom. The van der Waals surface area contributed by atoms with Gasteiger partial charge < -0.3 is 10.2 Å². The Hall–Kier alpha value is -2.10. The lowest BCUT2D eigenvalue weighted by Gasteiger charge is -2.11. The van der Waals surface area contributed by atoms with Crippen molar-refractivity contribution >= 4 is 23.5 Å². The third-order valence-corrected chi connectivity index (χ3v) is 4.17. The van der Waals surface area contributed by atoms with Gasteiger partial charge in [0.25, 0.3) is 5.91 Å². The van der Waals surface area contributed by atoms with E-state index in [2.05, 4.69) is 15.2 Å². The van der Waals surface area contributed by atoms with E-state index in [9.17, 15) is 4.79 Å². The number of nitrogens with one attached hydrogen (secondary N) is 1. The van der Waals surface area contributed by atoms with Gasteiger partial charge in [-0.05, 0) is 36.6 Å². The van der Waals surface area contributed by atoms with Crippen molar-refractivity contribution < 1.29 is 4.79 Å². The van der Waals surface area contributed by atoms with Crippen LogP contribution in [0.1, 0.15) is 31.2 Å². The molecule has 0 unspecified atom stereocenters. The molecule has 1 aromatic carbocycles. The topological polar surface area (TPSA) is 44.7 Å². The van der Waals surface area contributed by atoms with E-state index in [0.717, 1.165) is 29.9 Å². The predicted molar refractivity (Wildman–Crippen MR) is 86.3 cm³/mol. The summed E-state index contributed by atoms with van der Waals surface area (Å²) in [5.74, 6) is 1.23. The van der Waals surface area contributed by atoms with E-state index in [-0.39, 0.29) is 5.91 Å². The van der Waals surface area contributed by atoms with Crippen LogP contribution in [0.4, 0.5) is 5.69 Å². The number of nitrogens with zero attached hydrogens (tertiary/aromatic N) is 2. The van der Waals surface area contributed by atoms with Gasteiger partial charge in [0.15, 0.2) is 0 Å². The quantitative estimate of drug-likeness (QED) is 0.867. The molecule has 1 aliphatic carbocycles. The number of amides is 1. The molecule has 1 N–H and O–H groups in total. The Morgan fingerprint density at radius 1 is 1.19 bits per heavy atom. The van der Waals surface area contributed by atoms with Gasteiger partial charge in [-0.25, -0.2) is 4.99 Å². The van der Waals surface area contributed by atoms with E-state index < -0.39 is 0 Å². The molecular weight excluding hydrogens is 262 g/mol. The van der Waals surface area contributed by atoms with Gasteiger partial charge in [0.1, 0.15) is 11.5 Å². The Kier molecular flexibility index (Phi) is 3.78. The number of aliphatic imine (C=N–C) groups is 1. The molecule has 0 saturated heterocycles. The van der Waals surface area contributed by atoms with Crippen LogP contribution in [0, 0.1) is 5.92 Å². The Labute approximate surface area is 125 Å². The summed E-state index contributed by atoms with van der Waals surface area (Å²) in [6, 6.07) is 8.11. The zero-order valence-corrected chi connectivity index (χ0v) is 12.6. The predicted octanol–water partition coefficient (Wildman–Crippen LogP) is 2.81. The summed E-state index contributed by atoms with van der Waals surface area (Å²) in [7, 11) is 4.02. The normalized spacial score (nSPS) is 20.8. The fraction of sp³-hybridized carbons (Fsp3) is 0.412. The molecule has 1 fully saturated rings. The second-order valence-corrected chi connectivity index (χ2v) is 5.95. The molecule has 0 aromatic heterocycles. The second-order valence-electron chi connectivity index (χ2n) is 5.95. The summed E-state index contributed by atoms with van der Waals surface area (Å²) >= 11 is 0. The summed E-state index contributed by atoms with van der Waals surface area (Å²) in [5, 5.41) is 2.93. The second kappa shape index (κ2) is 5.72. The Bertz CT molecular complexity index is 593. The number of amidine groups is 1. The van der Waals surface area contributed by atoms with Crippen molar-refractivity contribution in [2.45, 2.75) is 25.7 Å². The lowest BCUT2D eigenvalue weighted by Crippen LogP contribution is -2.29. The molecule has 2 aliphatic rings. The van der Waals surface area contributed by atoms with Gasteiger partial charge in [-0.15, -0.1) is 0 Å². The van der Waals surface area contributed by atoms with Crippen LogP contribution >= 0.6 is 0 Å². The number of carbonyl (C=O) groups is 1. The number of benzene rings is 1. The van der Waals surface area contributed by atoms with E-state index in [1.807, 2.05) is 44.4 Å². The molecular formula is C17H21N3O. The van der Waals surface area contributed by atoms with Crippen molar-refractivity contribution in [2.75, 3.05) is 19.0 Å². The molecule has 1 amide bonds. The van der Waals surface area contributed by atoms with E-state index in [1.54, 1.807) is 0 Å². The smallest absolute Gasteiger partial charge is 0.275 e. The zero-order valence-electron chi connectivity index (χ0n) is 12.6. The SMILES string of the molecule is CN(C)c1ccc(/C=C2/N=C(C3CCCC3)NC2=O)cc1. The number of anilines is 1. The Balaban J connectivity index is 1.80. The standard InChI is InChI=1S/C17H21N3O/c1-20(2)14-9-7-12(8-10-14)11-15-17(21)19-16(18-15)13-5-3-4-6-13/h7-11,13H,3-6H2,1-2H3,(H,18,19,21)/b15-11+. The molecule has 1 saturated carbocycles. The first-order valence-corrected chi connectivity index (χ1v) is 7.52. The van der Waals surface area contributed by atoms with Crippen LogP contribution in [0.5, 0.6) is 0 Å². The minimum absolute atomic E-state index is 0.0754. The molecule has 4 heteroatoms. The minimum atomic E-state index is -0.0754. The molecule has 0 spiro atoms. The molecule has 1 heterocycles. The minimum Gasteiger partial charge on any atom is -0.378 e. The van der Waals surface area contributed by atoms with Crippen LogP contribution < -0.4 is 10.2 Å². The van der Waals surface area contributed by atoms with Crippen molar-refractivity contribution in [2.24, 2.45) is 10.9 Å². The maximum atomic E-state index is 12.0. The maximum Gasteiger partial charge on any atom is 0.275 e. The summed E-state index contributed by atoms with van der Waals surface area (Å²) < 4.78 is 0. The lowest BCUT2D eigenvalue weighted by atomic mass is 10.1. The number of hydrogen-bond acceptors (Lipinski definition) is 3. The highest BCUT2D eigenvalue weighted by Gasteiger charge is 2.28. The molecule has 3 rings (SSSR count). The summed E-state index contributed by atoms with van der Waals surface area (Å²) in [5.41, 5.74) is 2.67. The summed E-state index contributed by atoms with van der Waals surface area (Å²) in [6.07, 6.45) is 6.62. The number of rotatable bonds is 3. The van der Waals surface area contributed by atoms with Gasteiger partial charge in [0, 0.05) is 25.7 Å². The van der Waals surface area contributed by atoms with Crippen LogP contribution in [0.25, 0.3) is 6.08 Å². The van der Waals surface area contributed by atoms with E-state index in [0.29, 0.717) is 11.6 Å².